The van der Waals surface area contributed by atoms with Gasteiger partial charge in [0, 0.05) is 18.2 Å². The molecule has 0 atom stereocenters. The molecule has 0 aliphatic heterocycles. The maximum atomic E-state index is 12.1. The van der Waals surface area contributed by atoms with Crippen molar-refractivity contribution in [3.63, 3.8) is 0 Å². The van der Waals surface area contributed by atoms with Gasteiger partial charge in [0.05, 0.1) is 10.7 Å². The normalized spacial score (nSPS) is 10.8. The van der Waals surface area contributed by atoms with Crippen LogP contribution < -0.4 is 16.0 Å². The standard InChI is InChI=1S/C22H24ClN3O2S/c1-4-20(27)24-17-10-11-18(23)19(13-17)25-22(29)26-21(28)12-7-15-5-8-16(9-6-15)14(2)3/h5-14H,4H2,1-3H3,(H,24,27)(H2,25,26,28,29)/b12-7+. The molecule has 3 N–H and O–H groups in total. The van der Waals surface area contributed by atoms with E-state index < -0.39 is 0 Å². The number of hydrogen-bond donors (Lipinski definition) is 3. The second-order valence-electron chi connectivity index (χ2n) is 6.69. The van der Waals surface area contributed by atoms with Gasteiger partial charge in [-0.05, 0) is 53.5 Å². The summed E-state index contributed by atoms with van der Waals surface area (Å²) in [6, 6.07) is 13.0. The van der Waals surface area contributed by atoms with E-state index in [4.69, 9.17) is 23.8 Å². The Balaban J connectivity index is 1.95. The molecule has 2 aromatic rings. The monoisotopic (exact) mass is 429 g/mol. The fourth-order valence-electron chi connectivity index (χ4n) is 2.42. The van der Waals surface area contributed by atoms with Crippen molar-refractivity contribution < 1.29 is 9.59 Å². The smallest absolute Gasteiger partial charge is 0.250 e. The first-order valence-corrected chi connectivity index (χ1v) is 10.1. The second kappa shape index (κ2) is 10.7. The number of hydrogen-bond acceptors (Lipinski definition) is 3. The Morgan fingerprint density at radius 2 is 1.79 bits per heavy atom. The molecular weight excluding hydrogens is 406 g/mol. The third-order valence-corrected chi connectivity index (χ3v) is 4.62. The summed E-state index contributed by atoms with van der Waals surface area (Å²) in [6.45, 7) is 6.03. The van der Waals surface area contributed by atoms with E-state index in [-0.39, 0.29) is 16.9 Å². The molecule has 0 fully saturated rings. The van der Waals surface area contributed by atoms with Gasteiger partial charge in [-0.25, -0.2) is 0 Å². The quantitative estimate of drug-likeness (QED) is 0.428. The highest BCUT2D eigenvalue weighted by atomic mass is 35.5. The lowest BCUT2D eigenvalue weighted by Crippen LogP contribution is -2.32. The molecule has 0 saturated carbocycles. The summed E-state index contributed by atoms with van der Waals surface area (Å²) >= 11 is 11.3. The van der Waals surface area contributed by atoms with E-state index in [9.17, 15) is 9.59 Å². The fraction of sp³-hybridized carbons (Fsp3) is 0.227. The molecule has 2 rings (SSSR count). The molecule has 2 amide bonds. The van der Waals surface area contributed by atoms with E-state index in [1.165, 1.54) is 11.6 Å². The molecule has 0 heterocycles. The van der Waals surface area contributed by atoms with E-state index in [0.717, 1.165) is 5.56 Å². The highest BCUT2D eigenvalue weighted by Gasteiger charge is 2.08. The van der Waals surface area contributed by atoms with Gasteiger partial charge in [0.25, 0.3) is 0 Å². The summed E-state index contributed by atoms with van der Waals surface area (Å²) < 4.78 is 0. The summed E-state index contributed by atoms with van der Waals surface area (Å²) in [5.74, 6) is -0.0110. The van der Waals surface area contributed by atoms with E-state index >= 15 is 0 Å². The minimum absolute atomic E-state index is 0.107. The zero-order valence-corrected chi connectivity index (χ0v) is 18.2. The van der Waals surface area contributed by atoms with Crippen molar-refractivity contribution in [1.82, 2.24) is 5.32 Å². The van der Waals surface area contributed by atoms with Crippen molar-refractivity contribution in [1.29, 1.82) is 0 Å². The van der Waals surface area contributed by atoms with Crippen LogP contribution in [0.5, 0.6) is 0 Å². The maximum Gasteiger partial charge on any atom is 0.250 e. The summed E-state index contributed by atoms with van der Waals surface area (Å²) in [5, 5.41) is 8.71. The number of thiocarbonyl (C=S) groups is 1. The predicted octanol–water partition coefficient (Wildman–Crippen LogP) is 5.34. The van der Waals surface area contributed by atoms with E-state index in [0.29, 0.717) is 28.7 Å². The van der Waals surface area contributed by atoms with Crippen LogP contribution in [-0.2, 0) is 9.59 Å². The van der Waals surface area contributed by atoms with Gasteiger partial charge in [0.2, 0.25) is 11.8 Å². The number of amides is 2. The zero-order valence-electron chi connectivity index (χ0n) is 16.6. The minimum atomic E-state index is -0.359. The Labute approximate surface area is 181 Å². The first-order valence-electron chi connectivity index (χ1n) is 9.28. The lowest BCUT2D eigenvalue weighted by molar-refractivity contribution is -0.116. The summed E-state index contributed by atoms with van der Waals surface area (Å²) in [5.41, 5.74) is 3.23. The van der Waals surface area contributed by atoms with Crippen LogP contribution in [0.4, 0.5) is 11.4 Å². The van der Waals surface area contributed by atoms with Crippen molar-refractivity contribution in [3.05, 3.63) is 64.7 Å². The Hall–Kier alpha value is -2.70. The molecule has 29 heavy (non-hydrogen) atoms. The number of carbonyl (C=O) groups excluding carboxylic acids is 2. The molecule has 7 heteroatoms. The second-order valence-corrected chi connectivity index (χ2v) is 7.51. The lowest BCUT2D eigenvalue weighted by Gasteiger charge is -2.12. The summed E-state index contributed by atoms with van der Waals surface area (Å²) in [6.07, 6.45) is 3.50. The van der Waals surface area contributed by atoms with Gasteiger partial charge in [-0.15, -0.1) is 0 Å². The molecule has 0 spiro atoms. The topological polar surface area (TPSA) is 70.2 Å². The number of halogens is 1. The minimum Gasteiger partial charge on any atom is -0.331 e. The molecule has 152 valence electrons. The van der Waals surface area contributed by atoms with E-state index in [1.807, 2.05) is 24.3 Å². The van der Waals surface area contributed by atoms with E-state index in [1.54, 1.807) is 31.2 Å². The number of benzene rings is 2. The third-order valence-electron chi connectivity index (χ3n) is 4.09. The van der Waals surface area contributed by atoms with E-state index in [2.05, 4.69) is 29.8 Å². The lowest BCUT2D eigenvalue weighted by atomic mass is 10.0. The predicted molar refractivity (Wildman–Crippen MR) is 124 cm³/mol. The van der Waals surface area contributed by atoms with Crippen LogP contribution in [0.25, 0.3) is 6.08 Å². The largest absolute Gasteiger partial charge is 0.331 e. The highest BCUT2D eigenvalue weighted by Crippen LogP contribution is 2.25. The first kappa shape index (κ1) is 22.6. The molecule has 5 nitrogen and oxygen atoms in total. The molecule has 0 bridgehead atoms. The fourth-order valence-corrected chi connectivity index (χ4v) is 2.79. The zero-order chi connectivity index (χ0) is 21.4. The molecule has 2 aromatic carbocycles. The Morgan fingerprint density at radius 1 is 1.10 bits per heavy atom. The molecule has 0 unspecified atom stereocenters. The SMILES string of the molecule is CCC(=O)Nc1ccc(Cl)c(NC(=S)NC(=O)/C=C/c2ccc(C(C)C)cc2)c1. The van der Waals surface area contributed by atoms with Crippen LogP contribution in [0.3, 0.4) is 0 Å². The summed E-state index contributed by atoms with van der Waals surface area (Å²) in [7, 11) is 0. The third kappa shape index (κ3) is 7.33. The average Bonchev–Trinajstić information content (AvgIpc) is 2.69. The number of anilines is 2. The van der Waals surface area contributed by atoms with Gasteiger partial charge in [-0.2, -0.15) is 0 Å². The average molecular weight is 430 g/mol. The Bertz CT molecular complexity index is 924. The van der Waals surface area contributed by atoms with Crippen LogP contribution >= 0.6 is 23.8 Å². The van der Waals surface area contributed by atoms with Crippen LogP contribution in [0.1, 0.15) is 44.2 Å². The molecule has 0 aliphatic carbocycles. The maximum absolute atomic E-state index is 12.1. The van der Waals surface area contributed by atoms with Crippen molar-refractivity contribution >= 4 is 58.2 Å². The van der Waals surface area contributed by atoms with Gasteiger partial charge in [0.1, 0.15) is 0 Å². The summed E-state index contributed by atoms with van der Waals surface area (Å²) in [4.78, 5) is 23.6. The highest BCUT2D eigenvalue weighted by molar-refractivity contribution is 7.80. The molecular formula is C22H24ClN3O2S. The van der Waals surface area contributed by atoms with Gasteiger partial charge in [-0.1, -0.05) is 56.6 Å². The van der Waals surface area contributed by atoms with Gasteiger partial charge in [0.15, 0.2) is 5.11 Å². The number of nitrogens with one attached hydrogen (secondary N) is 3. The number of carbonyl (C=O) groups is 2. The Morgan fingerprint density at radius 3 is 2.41 bits per heavy atom. The van der Waals surface area contributed by atoms with Crippen molar-refractivity contribution in [2.75, 3.05) is 10.6 Å². The van der Waals surface area contributed by atoms with Crippen LogP contribution in [-0.4, -0.2) is 16.9 Å². The van der Waals surface area contributed by atoms with Crippen molar-refractivity contribution in [2.24, 2.45) is 0 Å². The van der Waals surface area contributed by atoms with Gasteiger partial charge in [-0.3, -0.25) is 14.9 Å². The Kier molecular flexibility index (Phi) is 8.36. The van der Waals surface area contributed by atoms with Crippen LogP contribution in [0, 0.1) is 0 Å². The van der Waals surface area contributed by atoms with Crippen molar-refractivity contribution in [3.8, 4) is 0 Å². The van der Waals surface area contributed by atoms with Gasteiger partial charge < -0.3 is 10.6 Å². The number of rotatable bonds is 6. The van der Waals surface area contributed by atoms with Crippen LogP contribution in [0.15, 0.2) is 48.5 Å². The van der Waals surface area contributed by atoms with Crippen molar-refractivity contribution in [2.45, 2.75) is 33.1 Å². The van der Waals surface area contributed by atoms with Gasteiger partial charge >= 0.3 is 0 Å². The molecule has 0 aromatic heterocycles. The molecule has 0 aliphatic rings. The molecule has 0 radical (unpaired) electrons. The first-order chi connectivity index (χ1) is 13.8. The van der Waals surface area contributed by atoms with Crippen LogP contribution in [0.2, 0.25) is 5.02 Å². The molecule has 0 saturated heterocycles.